The maximum Gasteiger partial charge on any atom is 0.309 e. The van der Waals surface area contributed by atoms with E-state index in [1.54, 1.807) is 6.92 Å². The lowest BCUT2D eigenvalue weighted by Gasteiger charge is -2.72. The van der Waals surface area contributed by atoms with Crippen LogP contribution in [0.1, 0.15) is 160 Å². The van der Waals surface area contributed by atoms with Crippen LogP contribution < -0.4 is 0 Å². The van der Waals surface area contributed by atoms with Crippen molar-refractivity contribution in [1.82, 2.24) is 9.80 Å². The van der Waals surface area contributed by atoms with Crippen LogP contribution in [0.25, 0.3) is 0 Å². The molecule has 8 aliphatic rings. The average Bonchev–Trinajstić information content (AvgIpc) is 3.62. The van der Waals surface area contributed by atoms with Crippen LogP contribution in [0.15, 0.2) is 12.2 Å². The summed E-state index contributed by atoms with van der Waals surface area (Å²) < 4.78 is 6.56. The minimum Gasteiger partial charge on any atom is -0.462 e. The summed E-state index contributed by atoms with van der Waals surface area (Å²) in [5, 5.41) is 0. The maximum absolute atomic E-state index is 15.1. The molecule has 7 aliphatic carbocycles. The van der Waals surface area contributed by atoms with Gasteiger partial charge in [-0.05, 0) is 160 Å². The number of hydrogen-bond donors (Lipinski definition) is 0. The summed E-state index contributed by atoms with van der Waals surface area (Å²) in [6.45, 7) is 36.7. The molecule has 7 nitrogen and oxygen atoms in total. The number of piperazine rings is 1. The molecule has 0 aromatic rings. The molecule has 15 atom stereocenters. The molecular formula is C53H84N2O5. The monoisotopic (exact) mass is 829 g/mol. The van der Waals surface area contributed by atoms with Crippen molar-refractivity contribution in [1.29, 1.82) is 0 Å². The number of amides is 1. The first-order valence-electron chi connectivity index (χ1n) is 24.8. The fourth-order valence-corrected chi connectivity index (χ4v) is 17.7. The Hall–Kier alpha value is -2.02. The van der Waals surface area contributed by atoms with Gasteiger partial charge in [-0.25, -0.2) is 0 Å². The molecule has 0 bridgehead atoms. The van der Waals surface area contributed by atoms with E-state index in [4.69, 9.17) is 4.74 Å². The first kappa shape index (κ1) is 44.6. The number of carbonyl (C=O) groups excluding carboxylic acids is 4. The number of allylic oxidation sites excluding steroid dienone is 1. The first-order valence-corrected chi connectivity index (χ1v) is 24.8. The molecule has 60 heavy (non-hydrogen) atoms. The number of hydrogen-bond acceptors (Lipinski definition) is 6. The number of ketones is 2. The summed E-state index contributed by atoms with van der Waals surface area (Å²) in [4.78, 5) is 59.6. The molecule has 8 fully saturated rings. The fourth-order valence-electron chi connectivity index (χ4n) is 17.7. The van der Waals surface area contributed by atoms with Crippen LogP contribution in [0, 0.1) is 97.6 Å². The van der Waals surface area contributed by atoms with Gasteiger partial charge in [-0.15, -0.1) is 0 Å². The first-order chi connectivity index (χ1) is 27.9. The minimum atomic E-state index is -0.350. The summed E-state index contributed by atoms with van der Waals surface area (Å²) in [5.41, 5.74) is 0.944. The number of rotatable bonds is 9. The Morgan fingerprint density at radius 1 is 0.683 bits per heavy atom. The number of ether oxygens (including phenoxy) is 1. The van der Waals surface area contributed by atoms with E-state index in [9.17, 15) is 14.4 Å². The number of Topliss-reactive ketones (excluding diaryl/α,β-unsaturated/α-hetero) is 2. The molecule has 0 aromatic carbocycles. The van der Waals surface area contributed by atoms with Crippen LogP contribution in [0.4, 0.5) is 0 Å². The minimum absolute atomic E-state index is 0.0182. The summed E-state index contributed by atoms with van der Waals surface area (Å²) >= 11 is 0. The second kappa shape index (κ2) is 15.0. The number of esters is 1. The van der Waals surface area contributed by atoms with Crippen molar-refractivity contribution in [3.63, 3.8) is 0 Å². The SMILES string of the molecule is C=C(C)[C@@H]1CCC2C1[C@H]1CC[C@@H]3[C@@]4(C)CC[C@H](OC(=O)[C@H]5C[C@@H](C(C)=O)C5(C)C)C(C)(C)[C@@H]4CC[C@@]3(C)[C@]1(C)C[C@@H]2C(=O)C[C@H]1C[C@@H](C(=O)N2CCN(CC)CC2)C1(C)C. The van der Waals surface area contributed by atoms with Gasteiger partial charge < -0.3 is 14.5 Å². The molecule has 1 heterocycles. The second-order valence-electron chi connectivity index (χ2n) is 25.0. The largest absolute Gasteiger partial charge is 0.462 e. The van der Waals surface area contributed by atoms with Crippen LogP contribution in [-0.4, -0.2) is 72.1 Å². The summed E-state index contributed by atoms with van der Waals surface area (Å²) in [5.74, 6) is 4.04. The van der Waals surface area contributed by atoms with Gasteiger partial charge in [0.2, 0.25) is 5.91 Å². The van der Waals surface area contributed by atoms with Crippen LogP contribution in [-0.2, 0) is 23.9 Å². The topological polar surface area (TPSA) is 84.0 Å². The van der Waals surface area contributed by atoms with E-state index >= 15 is 4.79 Å². The zero-order valence-electron chi connectivity index (χ0n) is 40.1. The summed E-state index contributed by atoms with van der Waals surface area (Å²) in [6.07, 6.45) is 12.0. The third-order valence-corrected chi connectivity index (χ3v) is 22.0. The second-order valence-corrected chi connectivity index (χ2v) is 25.0. The van der Waals surface area contributed by atoms with Gasteiger partial charge in [0.25, 0.3) is 0 Å². The van der Waals surface area contributed by atoms with Crippen LogP contribution in [0.5, 0.6) is 0 Å². The normalized spacial score (nSPS) is 46.3. The van der Waals surface area contributed by atoms with Gasteiger partial charge in [-0.3, -0.25) is 19.2 Å². The van der Waals surface area contributed by atoms with Gasteiger partial charge in [0.05, 0.1) is 5.92 Å². The van der Waals surface area contributed by atoms with E-state index in [2.05, 4.69) is 92.5 Å². The predicted octanol–water partition coefficient (Wildman–Crippen LogP) is 10.4. The molecule has 1 saturated heterocycles. The molecule has 0 N–H and O–H groups in total. The Kier molecular flexibility index (Phi) is 11.2. The third kappa shape index (κ3) is 6.45. The standard InChI is InChI=1S/C53H84N2O5/c1-14-54-23-25-55(26-24-54)46(58)39-27-33(48(39,5)6)28-41(57)36-30-53(13)37(45-34(31(2)3)15-16-35(36)45)17-18-43-51(11)21-20-44(50(9,10)42(51)19-22-52(43,53)12)60-47(59)40-29-38(32(4)56)49(40,7)8/h33-40,42-45H,2,14-30H2,1,3-13H3/t33-,34+,35?,36+,37-,38+,39+,40-,42+,43-,44+,45?,51+,52-,53-/m1/s1. The Labute approximate surface area is 364 Å². The summed E-state index contributed by atoms with van der Waals surface area (Å²) in [6, 6.07) is 0. The summed E-state index contributed by atoms with van der Waals surface area (Å²) in [7, 11) is 0. The van der Waals surface area contributed by atoms with Crippen molar-refractivity contribution >= 4 is 23.4 Å². The molecule has 7 heteroatoms. The van der Waals surface area contributed by atoms with Crippen molar-refractivity contribution in [2.24, 2.45) is 97.6 Å². The Morgan fingerprint density at radius 3 is 1.97 bits per heavy atom. The lowest BCUT2D eigenvalue weighted by molar-refractivity contribution is -0.250. The van der Waals surface area contributed by atoms with Crippen molar-refractivity contribution in [2.45, 2.75) is 166 Å². The van der Waals surface area contributed by atoms with E-state index < -0.39 is 0 Å². The van der Waals surface area contributed by atoms with E-state index in [0.717, 1.165) is 77.7 Å². The Morgan fingerprint density at radius 2 is 1.37 bits per heavy atom. The van der Waals surface area contributed by atoms with E-state index in [0.29, 0.717) is 60.0 Å². The number of nitrogens with zero attached hydrogens (tertiary/aromatic N) is 2. The van der Waals surface area contributed by atoms with Gasteiger partial charge in [0, 0.05) is 55.8 Å². The van der Waals surface area contributed by atoms with Crippen molar-refractivity contribution in [2.75, 3.05) is 32.7 Å². The van der Waals surface area contributed by atoms with Gasteiger partial charge in [-0.2, -0.15) is 0 Å². The van der Waals surface area contributed by atoms with Gasteiger partial charge in [0.15, 0.2) is 0 Å². The zero-order valence-corrected chi connectivity index (χ0v) is 40.1. The third-order valence-electron chi connectivity index (χ3n) is 22.0. The van der Waals surface area contributed by atoms with Crippen molar-refractivity contribution < 1.29 is 23.9 Å². The molecule has 1 amide bonds. The fraction of sp³-hybridized carbons (Fsp3) is 0.887. The molecule has 0 spiro atoms. The molecular weight excluding hydrogens is 745 g/mol. The van der Waals surface area contributed by atoms with Crippen molar-refractivity contribution in [3.05, 3.63) is 12.2 Å². The van der Waals surface area contributed by atoms with Gasteiger partial charge in [-0.1, -0.05) is 81.4 Å². The van der Waals surface area contributed by atoms with Crippen LogP contribution in [0.3, 0.4) is 0 Å². The number of fused-ring (bicyclic) bond motifs is 7. The lowest BCUT2D eigenvalue weighted by atomic mass is 9.32. The molecule has 2 unspecified atom stereocenters. The van der Waals surface area contributed by atoms with E-state index in [1.165, 1.54) is 24.8 Å². The maximum atomic E-state index is 15.1. The highest BCUT2D eigenvalue weighted by atomic mass is 16.5. The number of likely N-dealkylation sites (N-methyl/N-ethyl adjacent to an activating group) is 1. The van der Waals surface area contributed by atoms with Gasteiger partial charge >= 0.3 is 5.97 Å². The van der Waals surface area contributed by atoms with Crippen LogP contribution >= 0.6 is 0 Å². The lowest BCUT2D eigenvalue weighted by Crippen LogP contribution is -2.67. The predicted molar refractivity (Wildman–Crippen MR) is 239 cm³/mol. The Balaban J connectivity index is 1.01. The van der Waals surface area contributed by atoms with E-state index in [1.807, 2.05) is 0 Å². The van der Waals surface area contributed by atoms with Crippen LogP contribution in [0.2, 0.25) is 0 Å². The van der Waals surface area contributed by atoms with E-state index in [-0.39, 0.29) is 79.9 Å². The smallest absolute Gasteiger partial charge is 0.309 e. The molecule has 7 saturated carbocycles. The highest BCUT2D eigenvalue weighted by molar-refractivity contribution is 5.85. The zero-order chi connectivity index (χ0) is 43.7. The Bertz CT molecular complexity index is 1760. The molecule has 336 valence electrons. The molecule has 8 rings (SSSR count). The molecule has 0 radical (unpaired) electrons. The van der Waals surface area contributed by atoms with Gasteiger partial charge in [0.1, 0.15) is 17.7 Å². The number of carbonyl (C=O) groups is 4. The quantitative estimate of drug-likeness (QED) is 0.170. The van der Waals surface area contributed by atoms with Crippen molar-refractivity contribution in [3.8, 4) is 0 Å². The molecule has 1 aliphatic heterocycles. The highest BCUT2D eigenvalue weighted by Gasteiger charge is 2.71. The average molecular weight is 829 g/mol. The highest BCUT2D eigenvalue weighted by Crippen LogP contribution is 2.77. The molecule has 0 aromatic heterocycles.